The number of ether oxygens (including phenoxy) is 1. The molecule has 22 heavy (non-hydrogen) atoms. The Morgan fingerprint density at radius 1 is 1.36 bits per heavy atom. The molecule has 4 heteroatoms. The van der Waals surface area contributed by atoms with Crippen LogP contribution in [0, 0.1) is 0 Å². The lowest BCUT2D eigenvalue weighted by Crippen LogP contribution is -2.44. The second-order valence-corrected chi connectivity index (χ2v) is 6.35. The van der Waals surface area contributed by atoms with Crippen LogP contribution in [0.25, 0.3) is 0 Å². The molecule has 2 aliphatic rings. The Balaban J connectivity index is 1.83. The molecule has 2 aliphatic heterocycles. The normalized spacial score (nSPS) is 35.5. The van der Waals surface area contributed by atoms with Gasteiger partial charge in [-0.1, -0.05) is 30.3 Å². The molecule has 0 amide bonds. The summed E-state index contributed by atoms with van der Waals surface area (Å²) in [4.78, 5) is 15.3. The molecule has 3 unspecified atom stereocenters. The van der Waals surface area contributed by atoms with Crippen LogP contribution in [0.4, 0.5) is 0 Å². The summed E-state index contributed by atoms with van der Waals surface area (Å²) in [5, 5.41) is 4.46. The number of nitrogens with zero attached hydrogens (tertiary/aromatic N) is 1. The Morgan fingerprint density at radius 2 is 2.00 bits per heavy atom. The molecule has 0 saturated carbocycles. The molecule has 2 saturated heterocycles. The van der Waals surface area contributed by atoms with Gasteiger partial charge in [-0.2, -0.15) is 0 Å². The number of esters is 1. The highest BCUT2D eigenvalue weighted by atomic mass is 16.5. The van der Waals surface area contributed by atoms with Crippen molar-refractivity contribution >= 4 is 5.97 Å². The Morgan fingerprint density at radius 3 is 2.59 bits per heavy atom. The topological polar surface area (TPSA) is 49.8 Å². The van der Waals surface area contributed by atoms with E-state index in [-0.39, 0.29) is 6.10 Å². The number of piperidine rings is 1. The standard InChI is InChI=1S/C18H25NO3/c1-12(20)17(13-6-4-3-5-7-13)18(21)22-16-10-14-8-9-15(11-16)19(14)2/h3-7,12,14-17,20H,8-11H2,1-2H3/t12?,14-,15?,16-,17?/m1/s1/i12D,17D,20D. The molecule has 0 aliphatic carbocycles. The summed E-state index contributed by atoms with van der Waals surface area (Å²) in [6, 6.07) is 9.17. The minimum absolute atomic E-state index is 0.254. The molecule has 2 fully saturated rings. The molecule has 2 heterocycles. The predicted molar refractivity (Wildman–Crippen MR) is 84.6 cm³/mol. The molecular formula is C18H25NO3. The first-order chi connectivity index (χ1) is 11.8. The van der Waals surface area contributed by atoms with Crippen LogP contribution < -0.4 is 0 Å². The maximum atomic E-state index is 12.9. The molecule has 1 aromatic rings. The number of aliphatic hydroxyl groups is 1. The van der Waals surface area contributed by atoms with Crippen LogP contribution >= 0.6 is 0 Å². The van der Waals surface area contributed by atoms with Gasteiger partial charge in [0.15, 0.2) is 0 Å². The highest BCUT2D eigenvalue weighted by molar-refractivity contribution is 5.79. The lowest BCUT2D eigenvalue weighted by atomic mass is 9.94. The number of carbonyl (C=O) groups excluding carboxylic acids is 1. The molecule has 2 bridgehead atoms. The number of fused-ring (bicyclic) bond motifs is 2. The second kappa shape index (κ2) is 6.39. The van der Waals surface area contributed by atoms with Crippen molar-refractivity contribution in [2.45, 2.75) is 62.8 Å². The van der Waals surface area contributed by atoms with E-state index in [1.807, 2.05) is 0 Å². The number of hydrogen-bond donors (Lipinski definition) is 1. The van der Waals surface area contributed by atoms with Gasteiger partial charge in [0.1, 0.15) is 12.0 Å². The molecule has 1 aromatic carbocycles. The van der Waals surface area contributed by atoms with E-state index in [0.29, 0.717) is 17.6 Å². The Kier molecular flexibility index (Phi) is 3.51. The van der Waals surface area contributed by atoms with E-state index in [1.54, 1.807) is 30.3 Å². The van der Waals surface area contributed by atoms with Crippen LogP contribution in [0.5, 0.6) is 0 Å². The molecule has 0 aromatic heterocycles. The summed E-state index contributed by atoms with van der Waals surface area (Å²) in [6.45, 7) is 1.25. The average molecular weight is 306 g/mol. The fraction of sp³-hybridized carbons (Fsp3) is 0.611. The SMILES string of the molecule is [2H]OC([2H])(C)C([2H])(C(=O)O[C@H]1CC2CC[C@H](C1)N2C)c1ccccc1. The number of rotatable bonds is 5. The zero-order valence-electron chi connectivity index (χ0n) is 16.1. The van der Waals surface area contributed by atoms with Crippen molar-refractivity contribution in [3.8, 4) is 0 Å². The maximum Gasteiger partial charge on any atom is 0.316 e. The van der Waals surface area contributed by atoms with Crippen molar-refractivity contribution in [1.82, 2.24) is 4.90 Å². The predicted octanol–water partition coefficient (Wildman–Crippen LogP) is 2.32. The maximum absolute atomic E-state index is 12.9. The molecule has 1 N–H and O–H groups in total. The summed E-state index contributed by atoms with van der Waals surface area (Å²) in [5.74, 6) is -2.95. The minimum Gasteiger partial charge on any atom is -0.462 e. The molecule has 3 rings (SSSR count). The summed E-state index contributed by atoms with van der Waals surface area (Å²) in [6.07, 6.45) is 1.37. The Bertz CT molecular complexity index is 613. The number of carbonyl (C=O) groups is 1. The van der Waals surface area contributed by atoms with Crippen molar-refractivity contribution in [2.75, 3.05) is 7.05 Å². The van der Waals surface area contributed by atoms with Gasteiger partial charge >= 0.3 is 5.97 Å². The van der Waals surface area contributed by atoms with Gasteiger partial charge in [-0.25, -0.2) is 0 Å². The first-order valence-corrected chi connectivity index (χ1v) is 7.92. The third-order valence-electron chi connectivity index (χ3n) is 4.95. The first-order valence-electron chi connectivity index (χ1n) is 9.33. The van der Waals surface area contributed by atoms with Crippen molar-refractivity contribution in [3.63, 3.8) is 0 Å². The fourth-order valence-corrected chi connectivity index (χ4v) is 3.74. The third-order valence-corrected chi connectivity index (χ3v) is 4.95. The third kappa shape index (κ3) is 3.03. The van der Waals surface area contributed by atoms with E-state index in [9.17, 15) is 4.79 Å². The van der Waals surface area contributed by atoms with Gasteiger partial charge in [0.25, 0.3) is 0 Å². The van der Waals surface area contributed by atoms with E-state index in [0.717, 1.165) is 25.7 Å². The molecule has 0 radical (unpaired) electrons. The van der Waals surface area contributed by atoms with Crippen molar-refractivity contribution in [1.29, 1.82) is 1.43 Å². The van der Waals surface area contributed by atoms with Gasteiger partial charge < -0.3 is 14.7 Å². The largest absolute Gasteiger partial charge is 0.462 e. The number of benzene rings is 1. The minimum atomic E-state index is -2.13. The van der Waals surface area contributed by atoms with Crippen LogP contribution in [0.2, 0.25) is 0 Å². The van der Waals surface area contributed by atoms with E-state index >= 15 is 0 Å². The van der Waals surface area contributed by atoms with Crippen molar-refractivity contribution in [3.05, 3.63) is 35.9 Å². The smallest absolute Gasteiger partial charge is 0.316 e. The summed E-state index contributed by atoms with van der Waals surface area (Å²) in [5.41, 5.74) is 0.292. The first kappa shape index (κ1) is 12.1. The summed E-state index contributed by atoms with van der Waals surface area (Å²) in [7, 11) is 2.11. The summed E-state index contributed by atoms with van der Waals surface area (Å²) >= 11 is 0. The van der Waals surface area contributed by atoms with Crippen LogP contribution in [-0.2, 0) is 9.53 Å². The van der Waals surface area contributed by atoms with E-state index in [1.165, 1.54) is 6.92 Å². The van der Waals surface area contributed by atoms with Crippen LogP contribution in [0.3, 0.4) is 0 Å². The van der Waals surface area contributed by atoms with Gasteiger partial charge in [-0.05, 0) is 45.2 Å². The fourth-order valence-electron chi connectivity index (χ4n) is 3.74. The van der Waals surface area contributed by atoms with Gasteiger partial charge in [0.05, 0.1) is 7.45 Å². The highest BCUT2D eigenvalue weighted by Gasteiger charge is 2.40. The molecule has 120 valence electrons. The van der Waals surface area contributed by atoms with Gasteiger partial charge in [-0.3, -0.25) is 4.79 Å². The van der Waals surface area contributed by atoms with Gasteiger partial charge in [0.2, 0.25) is 1.43 Å². The van der Waals surface area contributed by atoms with Crippen molar-refractivity contribution < 1.29 is 17.4 Å². The molecular weight excluding hydrogens is 278 g/mol. The molecule has 0 spiro atoms. The monoisotopic (exact) mass is 306 g/mol. The quantitative estimate of drug-likeness (QED) is 0.848. The Labute approximate surface area is 136 Å². The van der Waals surface area contributed by atoms with Crippen LogP contribution in [-0.4, -0.2) is 48.7 Å². The second-order valence-electron chi connectivity index (χ2n) is 6.35. The molecule has 4 nitrogen and oxygen atoms in total. The number of hydrogen-bond acceptors (Lipinski definition) is 4. The van der Waals surface area contributed by atoms with Crippen LogP contribution in [0.1, 0.15) is 46.8 Å². The van der Waals surface area contributed by atoms with Crippen molar-refractivity contribution in [2.24, 2.45) is 0 Å². The zero-order valence-corrected chi connectivity index (χ0v) is 13.1. The van der Waals surface area contributed by atoms with E-state index in [2.05, 4.69) is 17.1 Å². The highest BCUT2D eigenvalue weighted by Crippen LogP contribution is 2.36. The van der Waals surface area contributed by atoms with Gasteiger partial charge in [-0.15, -0.1) is 0 Å². The Hall–Kier alpha value is -1.39. The average Bonchev–Trinajstić information content (AvgIpc) is 2.83. The van der Waals surface area contributed by atoms with E-state index in [4.69, 9.17) is 8.91 Å². The van der Waals surface area contributed by atoms with Gasteiger partial charge in [0, 0.05) is 13.5 Å². The zero-order chi connectivity index (χ0) is 18.2. The lowest BCUT2D eigenvalue weighted by Gasteiger charge is -2.36. The lowest BCUT2D eigenvalue weighted by molar-refractivity contribution is -0.156. The van der Waals surface area contributed by atoms with E-state index < -0.39 is 17.9 Å². The summed E-state index contributed by atoms with van der Waals surface area (Å²) < 4.78 is 29.9. The van der Waals surface area contributed by atoms with Crippen LogP contribution in [0.15, 0.2) is 30.3 Å². The molecule has 5 atom stereocenters.